The second kappa shape index (κ2) is 3.40. The van der Waals surface area contributed by atoms with E-state index in [9.17, 15) is 0 Å². The highest BCUT2D eigenvalue weighted by Gasteiger charge is 2.00. The van der Waals surface area contributed by atoms with Gasteiger partial charge in [-0.3, -0.25) is 0 Å². The molecule has 0 aliphatic rings. The molecule has 0 amide bonds. The van der Waals surface area contributed by atoms with E-state index in [1.54, 1.807) is 0 Å². The van der Waals surface area contributed by atoms with Crippen LogP contribution in [0, 0.1) is 0 Å². The van der Waals surface area contributed by atoms with Gasteiger partial charge in [-0.05, 0) is 25.5 Å². The van der Waals surface area contributed by atoms with E-state index in [1.165, 1.54) is 0 Å². The largest absolute Gasteiger partial charge is 0.330 e. The molecule has 1 unspecified atom stereocenters. The molecule has 0 rings (SSSR count). The molecule has 0 spiro atoms. The molecule has 2 heteroatoms. The van der Waals surface area contributed by atoms with Crippen LogP contribution in [0.4, 0.5) is 0 Å². The Morgan fingerprint density at radius 2 is 2.00 bits per heavy atom. The highest BCUT2D eigenvalue weighted by Crippen LogP contribution is 2.30. The first-order chi connectivity index (χ1) is 3.18. The average Bonchev–Trinajstić information content (AvgIpc) is 1.65. The van der Waals surface area contributed by atoms with Crippen LogP contribution >= 0.6 is 7.92 Å². The Labute approximate surface area is 47.0 Å². The molecule has 0 aliphatic heterocycles. The van der Waals surface area contributed by atoms with Crippen LogP contribution in [-0.4, -0.2) is 25.5 Å². The summed E-state index contributed by atoms with van der Waals surface area (Å²) in [5.74, 6) is 0. The summed E-state index contributed by atoms with van der Waals surface area (Å²) in [7, 11) is 0.213. The molecule has 0 saturated carbocycles. The van der Waals surface area contributed by atoms with Gasteiger partial charge in [0.25, 0.3) is 0 Å². The van der Waals surface area contributed by atoms with Gasteiger partial charge in [0.1, 0.15) is 0 Å². The number of rotatable bonds is 2. The standard InChI is InChI=1S/C5H14NP/c1-5(4-6)7(2)3/h5H,4,6H2,1-3H3. The van der Waals surface area contributed by atoms with Crippen LogP contribution in [0.5, 0.6) is 0 Å². The lowest BCUT2D eigenvalue weighted by Crippen LogP contribution is -2.13. The van der Waals surface area contributed by atoms with Gasteiger partial charge >= 0.3 is 0 Å². The molecule has 1 nitrogen and oxygen atoms in total. The normalized spacial score (nSPS) is 15.0. The second-order valence-corrected chi connectivity index (χ2v) is 4.86. The monoisotopic (exact) mass is 119 g/mol. The van der Waals surface area contributed by atoms with Crippen molar-refractivity contribution in [2.24, 2.45) is 5.73 Å². The van der Waals surface area contributed by atoms with Crippen molar-refractivity contribution in [2.45, 2.75) is 12.6 Å². The Morgan fingerprint density at radius 1 is 1.57 bits per heavy atom. The predicted octanol–water partition coefficient (Wildman–Crippen LogP) is 1.08. The van der Waals surface area contributed by atoms with Crippen LogP contribution in [0.25, 0.3) is 0 Å². The summed E-state index contributed by atoms with van der Waals surface area (Å²) in [6.45, 7) is 7.56. The average molecular weight is 119 g/mol. The Balaban J connectivity index is 3.14. The maximum absolute atomic E-state index is 5.39. The molecule has 0 aliphatic carbocycles. The van der Waals surface area contributed by atoms with Crippen LogP contribution in [0.2, 0.25) is 0 Å². The molecule has 0 aromatic rings. The summed E-state index contributed by atoms with van der Waals surface area (Å²) in [5, 5.41) is 0. The van der Waals surface area contributed by atoms with E-state index in [0.29, 0.717) is 0 Å². The third-order valence-electron chi connectivity index (χ3n) is 1.22. The SMILES string of the molecule is CC(CN)P(C)C. The minimum atomic E-state index is 0.213. The van der Waals surface area contributed by atoms with Gasteiger partial charge < -0.3 is 5.73 Å². The van der Waals surface area contributed by atoms with Crippen LogP contribution < -0.4 is 5.73 Å². The summed E-state index contributed by atoms with van der Waals surface area (Å²) in [5.41, 5.74) is 6.13. The molecule has 0 heterocycles. The first-order valence-corrected chi connectivity index (χ1v) is 4.85. The van der Waals surface area contributed by atoms with E-state index < -0.39 is 0 Å². The zero-order chi connectivity index (χ0) is 5.86. The molecule has 0 bridgehead atoms. The molecule has 7 heavy (non-hydrogen) atoms. The molecule has 0 aromatic carbocycles. The van der Waals surface area contributed by atoms with Crippen molar-refractivity contribution in [1.29, 1.82) is 0 Å². The minimum absolute atomic E-state index is 0.213. The first-order valence-electron chi connectivity index (χ1n) is 2.55. The van der Waals surface area contributed by atoms with Crippen molar-refractivity contribution in [3.05, 3.63) is 0 Å². The molecule has 0 fully saturated rings. The van der Waals surface area contributed by atoms with Crippen LogP contribution in [0.3, 0.4) is 0 Å². The van der Waals surface area contributed by atoms with Gasteiger partial charge in [0.15, 0.2) is 0 Å². The van der Waals surface area contributed by atoms with Gasteiger partial charge in [-0.25, -0.2) is 0 Å². The molecule has 0 aromatic heterocycles. The fraction of sp³-hybridized carbons (Fsp3) is 1.00. The second-order valence-electron chi connectivity index (χ2n) is 2.05. The van der Waals surface area contributed by atoms with Crippen LogP contribution in [-0.2, 0) is 0 Å². The lowest BCUT2D eigenvalue weighted by Gasteiger charge is -2.11. The Hall–Kier alpha value is 0.390. The Bertz CT molecular complexity index is 45.3. The highest BCUT2D eigenvalue weighted by atomic mass is 31.1. The lowest BCUT2D eigenvalue weighted by molar-refractivity contribution is 0.941. The molecule has 1 atom stereocenters. The molecule has 0 saturated heterocycles. The summed E-state index contributed by atoms with van der Waals surface area (Å²) >= 11 is 0. The molecule has 2 N–H and O–H groups in total. The van der Waals surface area contributed by atoms with Crippen molar-refractivity contribution >= 4 is 7.92 Å². The highest BCUT2D eigenvalue weighted by molar-refractivity contribution is 7.56. The van der Waals surface area contributed by atoms with E-state index in [2.05, 4.69) is 20.3 Å². The maximum Gasteiger partial charge on any atom is -0.00123 e. The van der Waals surface area contributed by atoms with Crippen molar-refractivity contribution in [1.82, 2.24) is 0 Å². The van der Waals surface area contributed by atoms with Gasteiger partial charge in [-0.1, -0.05) is 6.92 Å². The van der Waals surface area contributed by atoms with E-state index in [0.717, 1.165) is 12.2 Å². The van der Waals surface area contributed by atoms with E-state index in [-0.39, 0.29) is 7.92 Å². The molecular weight excluding hydrogens is 105 g/mol. The molecular formula is C5H14NP. The quantitative estimate of drug-likeness (QED) is 0.541. The van der Waals surface area contributed by atoms with Crippen molar-refractivity contribution in [3.8, 4) is 0 Å². The van der Waals surface area contributed by atoms with Gasteiger partial charge in [-0.2, -0.15) is 0 Å². The third kappa shape index (κ3) is 3.02. The maximum atomic E-state index is 5.39. The van der Waals surface area contributed by atoms with E-state index in [1.807, 2.05) is 0 Å². The molecule has 0 radical (unpaired) electrons. The first kappa shape index (κ1) is 7.39. The smallest absolute Gasteiger partial charge is 0.00123 e. The van der Waals surface area contributed by atoms with E-state index >= 15 is 0 Å². The summed E-state index contributed by atoms with van der Waals surface area (Å²) in [6, 6.07) is 0. The van der Waals surface area contributed by atoms with Crippen LogP contribution in [0.15, 0.2) is 0 Å². The summed E-state index contributed by atoms with van der Waals surface area (Å²) < 4.78 is 0. The minimum Gasteiger partial charge on any atom is -0.330 e. The van der Waals surface area contributed by atoms with Gasteiger partial charge in [-0.15, -0.1) is 7.92 Å². The molecule has 44 valence electrons. The predicted molar refractivity (Wildman–Crippen MR) is 37.3 cm³/mol. The zero-order valence-electron chi connectivity index (χ0n) is 5.31. The fourth-order valence-corrected chi connectivity index (χ4v) is 0.632. The van der Waals surface area contributed by atoms with Gasteiger partial charge in [0, 0.05) is 0 Å². The van der Waals surface area contributed by atoms with Gasteiger partial charge in [0.2, 0.25) is 0 Å². The summed E-state index contributed by atoms with van der Waals surface area (Å²) in [4.78, 5) is 0. The van der Waals surface area contributed by atoms with Crippen molar-refractivity contribution in [3.63, 3.8) is 0 Å². The number of nitrogens with two attached hydrogens (primary N) is 1. The van der Waals surface area contributed by atoms with E-state index in [4.69, 9.17) is 5.73 Å². The van der Waals surface area contributed by atoms with Crippen molar-refractivity contribution in [2.75, 3.05) is 19.9 Å². The fourth-order valence-electron chi connectivity index (χ4n) is 0.211. The van der Waals surface area contributed by atoms with Crippen molar-refractivity contribution < 1.29 is 0 Å². The number of hydrogen-bond donors (Lipinski definition) is 1. The summed E-state index contributed by atoms with van der Waals surface area (Å²) in [6.07, 6.45) is 0. The topological polar surface area (TPSA) is 26.0 Å². The van der Waals surface area contributed by atoms with Crippen LogP contribution in [0.1, 0.15) is 6.92 Å². The lowest BCUT2D eigenvalue weighted by atomic mass is 10.5. The Kier molecular flexibility index (Phi) is 3.59. The zero-order valence-corrected chi connectivity index (χ0v) is 6.20. The third-order valence-corrected chi connectivity index (χ3v) is 3.20. The number of hydrogen-bond acceptors (Lipinski definition) is 1. The Morgan fingerprint density at radius 3 is 2.00 bits per heavy atom. The van der Waals surface area contributed by atoms with Gasteiger partial charge in [0.05, 0.1) is 0 Å².